The molecule has 218 valence electrons. The summed E-state index contributed by atoms with van der Waals surface area (Å²) in [5.74, 6) is 0.0771. The number of amides is 1. The minimum atomic E-state index is -0.340. The van der Waals surface area contributed by atoms with Crippen molar-refractivity contribution in [3.8, 4) is 33.9 Å². The van der Waals surface area contributed by atoms with Gasteiger partial charge >= 0.3 is 0 Å². The Balaban J connectivity index is 1.35. The number of benzene rings is 1. The molecule has 0 aliphatic carbocycles. The number of nitrogens with zero attached hydrogens (tertiary/aromatic N) is 6. The molecule has 5 heterocycles. The summed E-state index contributed by atoms with van der Waals surface area (Å²) in [6.07, 6.45) is 6.17. The van der Waals surface area contributed by atoms with Crippen LogP contribution in [0.4, 0.5) is 15.8 Å². The van der Waals surface area contributed by atoms with Gasteiger partial charge in [0, 0.05) is 48.7 Å². The van der Waals surface area contributed by atoms with Crippen molar-refractivity contribution >= 4 is 39.5 Å². The Labute approximate surface area is 247 Å². The molecule has 0 bridgehead atoms. The molecular formula is C31H31FN10O. The summed E-state index contributed by atoms with van der Waals surface area (Å²) >= 11 is 0. The molecule has 0 saturated carbocycles. The topological polar surface area (TPSA) is 140 Å². The predicted octanol–water partition coefficient (Wildman–Crippen LogP) is 5.48. The van der Waals surface area contributed by atoms with Crippen LogP contribution in [-0.4, -0.2) is 73.1 Å². The molecule has 12 heteroatoms. The van der Waals surface area contributed by atoms with Gasteiger partial charge in [0.05, 0.1) is 28.6 Å². The molecular weight excluding hydrogens is 547 g/mol. The lowest BCUT2D eigenvalue weighted by Crippen LogP contribution is -2.20. The lowest BCUT2D eigenvalue weighted by Gasteiger charge is -2.13. The number of imidazole rings is 1. The van der Waals surface area contributed by atoms with Crippen molar-refractivity contribution < 1.29 is 9.18 Å². The van der Waals surface area contributed by atoms with Crippen molar-refractivity contribution in [2.24, 2.45) is 0 Å². The molecule has 11 nitrogen and oxygen atoms in total. The number of nitrogens with one attached hydrogen (secondary N) is 4. The molecule has 4 N–H and O–H groups in total. The van der Waals surface area contributed by atoms with Gasteiger partial charge in [-0.1, -0.05) is 6.92 Å². The Bertz CT molecular complexity index is 1930. The van der Waals surface area contributed by atoms with Crippen LogP contribution in [-0.2, 0) is 4.79 Å². The monoisotopic (exact) mass is 578 g/mol. The third-order valence-electron chi connectivity index (χ3n) is 6.92. The summed E-state index contributed by atoms with van der Waals surface area (Å²) in [6.45, 7) is 3.46. The quantitative estimate of drug-likeness (QED) is 0.168. The molecule has 0 aliphatic heterocycles. The number of pyridine rings is 3. The Morgan fingerprint density at radius 1 is 1.02 bits per heavy atom. The lowest BCUT2D eigenvalue weighted by molar-refractivity contribution is -0.116. The minimum absolute atomic E-state index is 0.0603. The second-order valence-corrected chi connectivity index (χ2v) is 10.5. The average Bonchev–Trinajstić information content (AvgIpc) is 3.60. The van der Waals surface area contributed by atoms with Crippen LogP contribution in [0.25, 0.3) is 56.1 Å². The van der Waals surface area contributed by atoms with E-state index in [4.69, 9.17) is 9.97 Å². The third kappa shape index (κ3) is 6.04. The highest BCUT2D eigenvalue weighted by molar-refractivity contribution is 5.95. The van der Waals surface area contributed by atoms with E-state index < -0.39 is 0 Å². The minimum Gasteiger partial charge on any atom is -0.384 e. The molecule has 0 atom stereocenters. The zero-order valence-corrected chi connectivity index (χ0v) is 24.1. The molecule has 43 heavy (non-hydrogen) atoms. The molecule has 5 aromatic heterocycles. The van der Waals surface area contributed by atoms with Gasteiger partial charge < -0.3 is 20.5 Å². The second kappa shape index (κ2) is 11.9. The van der Waals surface area contributed by atoms with Crippen LogP contribution in [0, 0.1) is 5.82 Å². The molecule has 0 aliphatic rings. The van der Waals surface area contributed by atoms with Crippen LogP contribution in [0.2, 0.25) is 0 Å². The number of likely N-dealkylation sites (N-methyl/N-ethyl adjacent to an activating group) is 1. The first-order chi connectivity index (χ1) is 20.9. The summed E-state index contributed by atoms with van der Waals surface area (Å²) < 4.78 is 14.7. The van der Waals surface area contributed by atoms with Crippen LogP contribution in [0.1, 0.15) is 19.8 Å². The number of H-pyrrole nitrogens is 2. The number of hydrogen-bond acceptors (Lipinski definition) is 8. The predicted molar refractivity (Wildman–Crippen MR) is 166 cm³/mol. The molecule has 0 radical (unpaired) electrons. The number of hydrogen-bond donors (Lipinski definition) is 4. The van der Waals surface area contributed by atoms with Crippen LogP contribution < -0.4 is 10.6 Å². The number of fused-ring (bicyclic) bond motifs is 2. The van der Waals surface area contributed by atoms with E-state index in [0.29, 0.717) is 63.8 Å². The van der Waals surface area contributed by atoms with Gasteiger partial charge in [0.2, 0.25) is 5.91 Å². The molecule has 6 aromatic rings. The van der Waals surface area contributed by atoms with Crippen molar-refractivity contribution in [2.75, 3.05) is 37.8 Å². The number of halogens is 1. The smallest absolute Gasteiger partial charge is 0.224 e. The van der Waals surface area contributed by atoms with Crippen LogP contribution >= 0.6 is 0 Å². The van der Waals surface area contributed by atoms with Crippen molar-refractivity contribution in [3.63, 3.8) is 0 Å². The van der Waals surface area contributed by atoms with Gasteiger partial charge in [-0.2, -0.15) is 5.10 Å². The van der Waals surface area contributed by atoms with Gasteiger partial charge in [-0.05, 0) is 68.5 Å². The summed E-state index contributed by atoms with van der Waals surface area (Å²) in [7, 11) is 3.98. The second-order valence-electron chi connectivity index (χ2n) is 10.5. The van der Waals surface area contributed by atoms with E-state index in [0.717, 1.165) is 29.6 Å². The summed E-state index contributed by atoms with van der Waals surface area (Å²) in [5, 5.41) is 13.7. The maximum Gasteiger partial charge on any atom is 0.224 e. The standard InChI is InChI=1S/C31H31FN10O/c1-4-5-26(43)36-22-14-19(16-33-17-22)24-6-7-25-28(37-24)29(41-40-25)31-38-27-23(8-9-35-30(27)39-31)18-12-20(32)15-21(13-18)34-10-11-42(2)3/h6-9,12-17,34H,4-5,10-11H2,1-3H3,(H,36,43)(H,40,41)(H,35,38,39). The van der Waals surface area contributed by atoms with Crippen LogP contribution in [0.15, 0.2) is 61.1 Å². The van der Waals surface area contributed by atoms with Crippen molar-refractivity contribution in [1.82, 2.24) is 40.0 Å². The van der Waals surface area contributed by atoms with Gasteiger partial charge in [0.1, 0.15) is 11.3 Å². The first-order valence-corrected chi connectivity index (χ1v) is 14.0. The first-order valence-electron chi connectivity index (χ1n) is 14.0. The summed E-state index contributed by atoms with van der Waals surface area (Å²) in [4.78, 5) is 35.8. The fraction of sp³-hybridized carbons (Fsp3) is 0.226. The molecule has 0 fully saturated rings. The number of carbonyl (C=O) groups is 1. The number of carbonyl (C=O) groups excluding carboxylic acids is 1. The van der Waals surface area contributed by atoms with Crippen molar-refractivity contribution in [2.45, 2.75) is 19.8 Å². The average molecular weight is 579 g/mol. The molecule has 6 rings (SSSR count). The molecule has 0 unspecified atom stereocenters. The highest BCUT2D eigenvalue weighted by Gasteiger charge is 2.18. The van der Waals surface area contributed by atoms with E-state index in [2.05, 4.69) is 40.7 Å². The maximum absolute atomic E-state index is 14.7. The molecule has 1 amide bonds. The Morgan fingerprint density at radius 2 is 1.88 bits per heavy atom. The van der Waals surface area contributed by atoms with E-state index in [-0.39, 0.29) is 11.7 Å². The molecule has 0 saturated heterocycles. The Kier molecular flexibility index (Phi) is 7.75. The lowest BCUT2D eigenvalue weighted by atomic mass is 10.0. The summed E-state index contributed by atoms with van der Waals surface area (Å²) in [5.41, 5.74) is 7.17. The van der Waals surface area contributed by atoms with Gasteiger partial charge in [-0.25, -0.2) is 19.3 Å². The fourth-order valence-electron chi connectivity index (χ4n) is 4.86. The number of rotatable bonds is 10. The number of anilines is 2. The number of aromatic nitrogens is 7. The highest BCUT2D eigenvalue weighted by atomic mass is 19.1. The Hall–Kier alpha value is -5.23. The maximum atomic E-state index is 14.7. The zero-order valence-electron chi connectivity index (χ0n) is 24.1. The Morgan fingerprint density at radius 3 is 2.72 bits per heavy atom. The highest BCUT2D eigenvalue weighted by Crippen LogP contribution is 2.32. The SMILES string of the molecule is CCCC(=O)Nc1cncc(-c2ccc3[nH]nc(-c4nc5nccc(-c6cc(F)cc(NCCN(C)C)c6)c5[nH]4)c3n2)c1. The molecule has 1 aromatic carbocycles. The van der Waals surface area contributed by atoms with E-state index >= 15 is 0 Å². The largest absolute Gasteiger partial charge is 0.384 e. The first kappa shape index (κ1) is 27.9. The van der Waals surface area contributed by atoms with E-state index in [1.807, 2.05) is 51.4 Å². The van der Waals surface area contributed by atoms with Crippen molar-refractivity contribution in [1.29, 1.82) is 0 Å². The number of aromatic amines is 2. The van der Waals surface area contributed by atoms with Crippen molar-refractivity contribution in [3.05, 3.63) is 66.9 Å². The van der Waals surface area contributed by atoms with E-state index in [9.17, 15) is 9.18 Å². The zero-order chi connectivity index (χ0) is 29.9. The van der Waals surface area contributed by atoms with E-state index in [1.54, 1.807) is 18.6 Å². The third-order valence-corrected chi connectivity index (χ3v) is 6.92. The fourth-order valence-corrected chi connectivity index (χ4v) is 4.86. The summed E-state index contributed by atoms with van der Waals surface area (Å²) in [6, 6.07) is 12.3. The van der Waals surface area contributed by atoms with Gasteiger partial charge in [-0.15, -0.1) is 0 Å². The molecule has 0 spiro atoms. The van der Waals surface area contributed by atoms with Gasteiger partial charge in [0.15, 0.2) is 17.2 Å². The van der Waals surface area contributed by atoms with Gasteiger partial charge in [-0.3, -0.25) is 14.9 Å². The van der Waals surface area contributed by atoms with Crippen LogP contribution in [0.5, 0.6) is 0 Å². The van der Waals surface area contributed by atoms with E-state index in [1.165, 1.54) is 12.1 Å². The van der Waals surface area contributed by atoms with Gasteiger partial charge in [0.25, 0.3) is 0 Å². The van der Waals surface area contributed by atoms with Crippen LogP contribution in [0.3, 0.4) is 0 Å². The normalized spacial score (nSPS) is 11.5.